The van der Waals surface area contributed by atoms with Crippen molar-refractivity contribution in [1.29, 1.82) is 0 Å². The van der Waals surface area contributed by atoms with E-state index in [-0.39, 0.29) is 12.4 Å². The number of nitrogens with zero attached hydrogens (tertiary/aromatic N) is 2. The Kier molecular flexibility index (Phi) is 5.56. The molecule has 1 heterocycles. The summed E-state index contributed by atoms with van der Waals surface area (Å²) in [5.41, 5.74) is 0.875. The molecule has 1 unspecified atom stereocenters. The largest absolute Gasteiger partial charge is 0.493 e. The summed E-state index contributed by atoms with van der Waals surface area (Å²) in [4.78, 5) is 20.6. The molecule has 0 aliphatic rings. The molecule has 132 valence electrons. The van der Waals surface area contributed by atoms with E-state index in [1.54, 1.807) is 60.9 Å². The third-order valence-corrected chi connectivity index (χ3v) is 3.79. The summed E-state index contributed by atoms with van der Waals surface area (Å²) in [6.45, 7) is 0.183. The number of aliphatic hydroxyl groups is 1. The molecular weight excluding hydrogens is 332 g/mol. The minimum Gasteiger partial charge on any atom is -0.493 e. The number of aromatic nitrogens is 2. The average molecular weight is 350 g/mol. The van der Waals surface area contributed by atoms with Crippen molar-refractivity contribution in [3.05, 3.63) is 83.9 Å². The van der Waals surface area contributed by atoms with Gasteiger partial charge in [-0.15, -0.1) is 0 Å². The maximum atomic E-state index is 12.4. The van der Waals surface area contributed by atoms with Crippen molar-refractivity contribution in [3.8, 4) is 11.5 Å². The van der Waals surface area contributed by atoms with Crippen molar-refractivity contribution >= 4 is 5.78 Å². The van der Waals surface area contributed by atoms with Gasteiger partial charge in [0.2, 0.25) is 0 Å². The van der Waals surface area contributed by atoms with Crippen LogP contribution in [0.2, 0.25) is 0 Å². The number of methoxy groups -OCH3 is 1. The van der Waals surface area contributed by atoms with Gasteiger partial charge < -0.3 is 14.6 Å². The monoisotopic (exact) mass is 350 g/mol. The predicted octanol–water partition coefficient (Wildman–Crippen LogP) is 2.98. The minimum absolute atomic E-state index is 0.183. The normalized spacial score (nSPS) is 11.6. The van der Waals surface area contributed by atoms with Gasteiger partial charge in [-0.25, -0.2) is 9.97 Å². The number of carbonyl (C=O) groups is 1. The Morgan fingerprint density at radius 1 is 1.04 bits per heavy atom. The van der Waals surface area contributed by atoms with E-state index in [4.69, 9.17) is 9.47 Å². The first-order valence-electron chi connectivity index (χ1n) is 8.03. The molecule has 6 heteroatoms. The second kappa shape index (κ2) is 8.22. The zero-order chi connectivity index (χ0) is 18.4. The van der Waals surface area contributed by atoms with E-state index in [1.165, 1.54) is 7.11 Å². The molecule has 6 nitrogen and oxygen atoms in total. The van der Waals surface area contributed by atoms with Gasteiger partial charge in [0.25, 0.3) is 0 Å². The van der Waals surface area contributed by atoms with Crippen molar-refractivity contribution in [2.45, 2.75) is 12.7 Å². The molecule has 0 fully saturated rings. The van der Waals surface area contributed by atoms with Crippen molar-refractivity contribution in [2.24, 2.45) is 0 Å². The van der Waals surface area contributed by atoms with Crippen molar-refractivity contribution in [3.63, 3.8) is 0 Å². The predicted molar refractivity (Wildman–Crippen MR) is 95.1 cm³/mol. The van der Waals surface area contributed by atoms with Crippen LogP contribution in [-0.4, -0.2) is 28.0 Å². The maximum Gasteiger partial charge on any atom is 0.195 e. The molecule has 0 saturated carbocycles. The van der Waals surface area contributed by atoms with Crippen LogP contribution in [0.4, 0.5) is 0 Å². The van der Waals surface area contributed by atoms with Gasteiger partial charge in [-0.05, 0) is 23.8 Å². The van der Waals surface area contributed by atoms with E-state index >= 15 is 0 Å². The molecule has 3 rings (SSSR count). The van der Waals surface area contributed by atoms with E-state index in [0.29, 0.717) is 28.5 Å². The van der Waals surface area contributed by atoms with E-state index in [2.05, 4.69) is 9.97 Å². The smallest absolute Gasteiger partial charge is 0.195 e. The number of carbonyl (C=O) groups excluding carboxylic acids is 1. The van der Waals surface area contributed by atoms with Gasteiger partial charge in [0.1, 0.15) is 12.7 Å². The van der Waals surface area contributed by atoms with Crippen LogP contribution in [0, 0.1) is 0 Å². The number of hydrogen-bond acceptors (Lipinski definition) is 6. The third-order valence-electron chi connectivity index (χ3n) is 3.79. The molecule has 0 aliphatic carbocycles. The van der Waals surface area contributed by atoms with Gasteiger partial charge in [0.05, 0.1) is 7.11 Å². The molecule has 0 bridgehead atoms. The van der Waals surface area contributed by atoms with Gasteiger partial charge in [-0.2, -0.15) is 0 Å². The highest BCUT2D eigenvalue weighted by Crippen LogP contribution is 2.31. The van der Waals surface area contributed by atoms with Gasteiger partial charge in [0, 0.05) is 18.0 Å². The Bertz CT molecular complexity index is 869. The van der Waals surface area contributed by atoms with Crippen LogP contribution in [-0.2, 0) is 6.61 Å². The molecule has 0 radical (unpaired) electrons. The van der Waals surface area contributed by atoms with Gasteiger partial charge in [0.15, 0.2) is 23.1 Å². The van der Waals surface area contributed by atoms with Crippen LogP contribution in [0.5, 0.6) is 11.5 Å². The quantitative estimate of drug-likeness (QED) is 0.660. The van der Waals surface area contributed by atoms with E-state index in [1.807, 2.05) is 6.07 Å². The maximum absolute atomic E-state index is 12.4. The van der Waals surface area contributed by atoms with Crippen molar-refractivity contribution < 1.29 is 19.4 Å². The molecule has 0 aliphatic heterocycles. The molecule has 1 atom stereocenters. The summed E-state index contributed by atoms with van der Waals surface area (Å²) in [5.74, 6) is 1.05. The highest BCUT2D eigenvalue weighted by atomic mass is 16.5. The van der Waals surface area contributed by atoms with Crippen LogP contribution in [0.3, 0.4) is 0 Å². The van der Waals surface area contributed by atoms with Crippen LogP contribution < -0.4 is 9.47 Å². The second-order valence-electron chi connectivity index (χ2n) is 5.50. The van der Waals surface area contributed by atoms with E-state index in [0.717, 1.165) is 0 Å². The molecule has 0 amide bonds. The Morgan fingerprint density at radius 2 is 1.77 bits per heavy atom. The van der Waals surface area contributed by atoms with Crippen LogP contribution in [0.15, 0.2) is 67.0 Å². The molecule has 3 aromatic rings. The number of Topliss-reactive ketones (excluding diaryl/α,β-unsaturated/α-hetero) is 1. The molecule has 26 heavy (non-hydrogen) atoms. The zero-order valence-corrected chi connectivity index (χ0v) is 14.2. The summed E-state index contributed by atoms with van der Waals surface area (Å²) in [5, 5.41) is 10.4. The summed E-state index contributed by atoms with van der Waals surface area (Å²) in [7, 11) is 1.50. The van der Waals surface area contributed by atoms with Gasteiger partial charge >= 0.3 is 0 Å². The Hall–Kier alpha value is -3.25. The van der Waals surface area contributed by atoms with Crippen molar-refractivity contribution in [2.75, 3.05) is 7.11 Å². The third kappa shape index (κ3) is 4.04. The second-order valence-corrected chi connectivity index (χ2v) is 5.50. The average Bonchev–Trinajstić information content (AvgIpc) is 2.72. The lowest BCUT2D eigenvalue weighted by molar-refractivity contribution is 0.0747. The topological polar surface area (TPSA) is 81.5 Å². The first kappa shape index (κ1) is 17.6. The molecule has 2 aromatic carbocycles. The number of ketones is 1. The SMILES string of the molecule is COc1cc(C(O)C(=O)c2ccccc2)ccc1OCc1ncccn1. The van der Waals surface area contributed by atoms with Gasteiger partial charge in [-0.3, -0.25) is 4.79 Å². The number of hydrogen-bond donors (Lipinski definition) is 1. The number of benzene rings is 2. The minimum atomic E-state index is -1.28. The fraction of sp³-hybridized carbons (Fsp3) is 0.150. The van der Waals surface area contributed by atoms with Crippen LogP contribution in [0.25, 0.3) is 0 Å². The Balaban J connectivity index is 1.76. The first-order chi connectivity index (χ1) is 12.7. The fourth-order valence-electron chi connectivity index (χ4n) is 2.43. The fourth-order valence-corrected chi connectivity index (χ4v) is 2.43. The van der Waals surface area contributed by atoms with E-state index in [9.17, 15) is 9.90 Å². The number of rotatable bonds is 7. The summed E-state index contributed by atoms with van der Waals surface area (Å²) >= 11 is 0. The molecular formula is C20H18N2O4. The van der Waals surface area contributed by atoms with Crippen molar-refractivity contribution in [1.82, 2.24) is 9.97 Å². The summed E-state index contributed by atoms with van der Waals surface area (Å²) < 4.78 is 11.0. The lowest BCUT2D eigenvalue weighted by Gasteiger charge is -2.14. The summed E-state index contributed by atoms with van der Waals surface area (Å²) in [6, 6.07) is 15.3. The number of ether oxygens (including phenoxy) is 2. The molecule has 0 saturated heterocycles. The number of aliphatic hydroxyl groups excluding tert-OH is 1. The molecule has 1 aromatic heterocycles. The summed E-state index contributed by atoms with van der Waals surface area (Å²) in [6.07, 6.45) is 1.99. The van der Waals surface area contributed by atoms with Crippen LogP contribution in [0.1, 0.15) is 27.8 Å². The Labute approximate surface area is 151 Å². The highest BCUT2D eigenvalue weighted by molar-refractivity contribution is 5.99. The van der Waals surface area contributed by atoms with Crippen LogP contribution >= 0.6 is 0 Å². The van der Waals surface area contributed by atoms with E-state index < -0.39 is 6.10 Å². The molecule has 1 N–H and O–H groups in total. The lowest BCUT2D eigenvalue weighted by atomic mass is 10.00. The lowest BCUT2D eigenvalue weighted by Crippen LogP contribution is -2.12. The zero-order valence-electron chi connectivity index (χ0n) is 14.2. The highest BCUT2D eigenvalue weighted by Gasteiger charge is 2.20. The Morgan fingerprint density at radius 3 is 2.46 bits per heavy atom. The van der Waals surface area contributed by atoms with Gasteiger partial charge in [-0.1, -0.05) is 36.4 Å². The molecule has 0 spiro atoms. The standard InChI is InChI=1S/C20H18N2O4/c1-25-17-12-15(20(24)19(23)14-6-3-2-4-7-14)8-9-16(17)26-13-18-21-10-5-11-22-18/h2-12,20,24H,13H2,1H3. The first-order valence-corrected chi connectivity index (χ1v) is 8.03.